The van der Waals surface area contributed by atoms with Gasteiger partial charge in [-0.3, -0.25) is 4.79 Å². The van der Waals surface area contributed by atoms with Crippen LogP contribution in [-0.4, -0.2) is 33.5 Å². The quantitative estimate of drug-likeness (QED) is 0.661. The van der Waals surface area contributed by atoms with E-state index < -0.39 is 10.0 Å². The molecule has 7 heteroatoms. The van der Waals surface area contributed by atoms with Crippen molar-refractivity contribution in [2.45, 2.75) is 30.2 Å². The molecule has 4 N–H and O–H groups in total. The molecule has 2 aromatic carbocycles. The summed E-state index contributed by atoms with van der Waals surface area (Å²) in [4.78, 5) is 12.1. The number of carbonyl (C=O) groups is 1. The van der Waals surface area contributed by atoms with E-state index in [1.165, 1.54) is 0 Å². The van der Waals surface area contributed by atoms with E-state index in [2.05, 4.69) is 10.0 Å². The third-order valence-corrected chi connectivity index (χ3v) is 5.93. The normalized spacial score (nSPS) is 15.9. The first-order chi connectivity index (χ1) is 12.0. The molecule has 0 heterocycles. The first-order valence-electron chi connectivity index (χ1n) is 8.47. The Morgan fingerprint density at radius 2 is 1.88 bits per heavy atom. The van der Waals surface area contributed by atoms with Crippen LogP contribution < -0.4 is 15.8 Å². The molecular formula is C18H23N3O3S. The van der Waals surface area contributed by atoms with Crippen molar-refractivity contribution < 1.29 is 13.2 Å². The van der Waals surface area contributed by atoms with Gasteiger partial charge in [0.15, 0.2) is 0 Å². The van der Waals surface area contributed by atoms with Crippen molar-refractivity contribution in [1.82, 2.24) is 10.0 Å². The van der Waals surface area contributed by atoms with Crippen molar-refractivity contribution in [3.05, 3.63) is 42.5 Å². The third-order valence-electron chi connectivity index (χ3n) is 4.47. The minimum absolute atomic E-state index is 0.00425. The Labute approximate surface area is 147 Å². The lowest BCUT2D eigenvalue weighted by atomic mass is 10.1. The third kappa shape index (κ3) is 4.56. The first-order valence-corrected chi connectivity index (χ1v) is 9.96. The minimum Gasteiger partial charge on any atom is -0.352 e. The Morgan fingerprint density at radius 3 is 2.56 bits per heavy atom. The number of rotatable bonds is 8. The number of nitrogens with one attached hydrogen (secondary N) is 2. The fourth-order valence-corrected chi connectivity index (χ4v) is 3.93. The summed E-state index contributed by atoms with van der Waals surface area (Å²) in [7, 11) is -3.64. The van der Waals surface area contributed by atoms with Gasteiger partial charge < -0.3 is 11.1 Å². The highest BCUT2D eigenvalue weighted by Crippen LogP contribution is 2.32. The molecule has 3 rings (SSSR count). The van der Waals surface area contributed by atoms with Gasteiger partial charge in [-0.15, -0.1) is 0 Å². The summed E-state index contributed by atoms with van der Waals surface area (Å²) in [5.74, 6) is 0.298. The Morgan fingerprint density at radius 1 is 1.16 bits per heavy atom. The fraction of sp³-hybridized carbons (Fsp3) is 0.389. The lowest BCUT2D eigenvalue weighted by molar-refractivity contribution is -0.121. The van der Waals surface area contributed by atoms with Crippen LogP contribution in [0.4, 0.5) is 0 Å². The molecule has 134 valence electrons. The van der Waals surface area contributed by atoms with Crippen molar-refractivity contribution in [2.75, 3.05) is 13.1 Å². The van der Waals surface area contributed by atoms with Gasteiger partial charge in [-0.25, -0.2) is 13.1 Å². The average Bonchev–Trinajstić information content (AvgIpc) is 3.44. The molecule has 0 saturated heterocycles. The number of sulfonamides is 1. The van der Waals surface area contributed by atoms with Crippen LogP contribution in [0.3, 0.4) is 0 Å². The van der Waals surface area contributed by atoms with E-state index in [9.17, 15) is 13.2 Å². The minimum atomic E-state index is -3.64. The zero-order valence-electron chi connectivity index (χ0n) is 13.9. The van der Waals surface area contributed by atoms with E-state index in [1.54, 1.807) is 18.2 Å². The van der Waals surface area contributed by atoms with Crippen molar-refractivity contribution in [2.24, 2.45) is 11.7 Å². The molecule has 1 aliphatic rings. The lowest BCUT2D eigenvalue weighted by Gasteiger charge is -2.16. The monoisotopic (exact) mass is 361 g/mol. The SMILES string of the molecule is NCC(NC(=O)CCNS(=O)(=O)c1ccc2ccccc2c1)C1CC1. The Bertz CT molecular complexity index is 863. The highest BCUT2D eigenvalue weighted by atomic mass is 32.2. The molecule has 1 amide bonds. The van der Waals surface area contributed by atoms with Crippen LogP contribution in [0.25, 0.3) is 10.8 Å². The van der Waals surface area contributed by atoms with Crippen molar-refractivity contribution >= 4 is 26.7 Å². The van der Waals surface area contributed by atoms with Crippen LogP contribution in [0.15, 0.2) is 47.4 Å². The van der Waals surface area contributed by atoms with Crippen LogP contribution >= 0.6 is 0 Å². The molecule has 1 unspecified atom stereocenters. The average molecular weight is 361 g/mol. The smallest absolute Gasteiger partial charge is 0.240 e. The van der Waals surface area contributed by atoms with Gasteiger partial charge in [0.25, 0.3) is 0 Å². The number of hydrogen-bond acceptors (Lipinski definition) is 4. The summed E-state index contributed by atoms with van der Waals surface area (Å²) in [5, 5.41) is 4.72. The predicted molar refractivity (Wildman–Crippen MR) is 97.5 cm³/mol. The first kappa shape index (κ1) is 17.8. The molecule has 25 heavy (non-hydrogen) atoms. The van der Waals surface area contributed by atoms with Gasteiger partial charge in [-0.05, 0) is 41.7 Å². The van der Waals surface area contributed by atoms with Crippen molar-refractivity contribution in [3.63, 3.8) is 0 Å². The molecule has 1 aliphatic carbocycles. The van der Waals surface area contributed by atoms with Crippen LogP contribution in [-0.2, 0) is 14.8 Å². The molecule has 0 radical (unpaired) electrons. The number of hydrogen-bond donors (Lipinski definition) is 3. The second-order valence-electron chi connectivity index (χ2n) is 6.40. The molecular weight excluding hydrogens is 338 g/mol. The molecule has 0 spiro atoms. The number of amides is 1. The molecule has 0 aliphatic heterocycles. The maximum atomic E-state index is 12.4. The summed E-state index contributed by atoms with van der Waals surface area (Å²) in [6.07, 6.45) is 2.28. The van der Waals surface area contributed by atoms with Gasteiger partial charge in [0.1, 0.15) is 0 Å². The van der Waals surface area contributed by atoms with Crippen molar-refractivity contribution in [1.29, 1.82) is 0 Å². The van der Waals surface area contributed by atoms with E-state index in [0.717, 1.165) is 23.6 Å². The zero-order chi connectivity index (χ0) is 17.9. The topological polar surface area (TPSA) is 101 Å². The number of nitrogens with two attached hydrogens (primary N) is 1. The van der Waals surface area contributed by atoms with Crippen molar-refractivity contribution in [3.8, 4) is 0 Å². The second-order valence-corrected chi connectivity index (χ2v) is 8.17. The summed E-state index contributed by atoms with van der Waals surface area (Å²) in [5.41, 5.74) is 5.66. The highest BCUT2D eigenvalue weighted by molar-refractivity contribution is 7.89. The largest absolute Gasteiger partial charge is 0.352 e. The standard InChI is InChI=1S/C18H23N3O3S/c19-12-17(14-5-6-14)21-18(22)9-10-20-25(23,24)16-8-7-13-3-1-2-4-15(13)11-16/h1-4,7-8,11,14,17,20H,5-6,9-10,12,19H2,(H,21,22). The highest BCUT2D eigenvalue weighted by Gasteiger charge is 2.31. The maximum Gasteiger partial charge on any atom is 0.240 e. The maximum absolute atomic E-state index is 12.4. The summed E-state index contributed by atoms with van der Waals surface area (Å²) >= 11 is 0. The van der Waals surface area contributed by atoms with E-state index in [-0.39, 0.29) is 29.8 Å². The van der Waals surface area contributed by atoms with E-state index in [0.29, 0.717) is 12.5 Å². The van der Waals surface area contributed by atoms with Gasteiger partial charge in [-0.1, -0.05) is 30.3 Å². The molecule has 6 nitrogen and oxygen atoms in total. The van der Waals surface area contributed by atoms with Crippen LogP contribution in [0.5, 0.6) is 0 Å². The van der Waals surface area contributed by atoms with E-state index in [4.69, 9.17) is 5.73 Å². The van der Waals surface area contributed by atoms with Crippen LogP contribution in [0.1, 0.15) is 19.3 Å². The number of fused-ring (bicyclic) bond motifs is 1. The molecule has 1 saturated carbocycles. The molecule has 2 aromatic rings. The van der Waals surface area contributed by atoms with E-state index >= 15 is 0 Å². The molecule has 1 atom stereocenters. The second kappa shape index (κ2) is 7.51. The van der Waals surface area contributed by atoms with Gasteiger partial charge in [0, 0.05) is 25.6 Å². The van der Waals surface area contributed by atoms with E-state index in [1.807, 2.05) is 24.3 Å². The Kier molecular flexibility index (Phi) is 5.36. The molecule has 0 bridgehead atoms. The van der Waals surface area contributed by atoms with Crippen LogP contribution in [0.2, 0.25) is 0 Å². The number of carbonyl (C=O) groups excluding carboxylic acids is 1. The van der Waals surface area contributed by atoms with Gasteiger partial charge in [0.2, 0.25) is 15.9 Å². The van der Waals surface area contributed by atoms with Gasteiger partial charge in [-0.2, -0.15) is 0 Å². The molecule has 0 aromatic heterocycles. The lowest BCUT2D eigenvalue weighted by Crippen LogP contribution is -2.42. The number of benzene rings is 2. The summed E-state index contributed by atoms with van der Waals surface area (Å²) in [6.45, 7) is 0.474. The predicted octanol–water partition coefficient (Wildman–Crippen LogP) is 1.36. The Hall–Kier alpha value is -1.96. The van der Waals surface area contributed by atoms with Gasteiger partial charge in [0.05, 0.1) is 4.90 Å². The Balaban J connectivity index is 1.56. The molecule has 1 fully saturated rings. The van der Waals surface area contributed by atoms with Gasteiger partial charge >= 0.3 is 0 Å². The fourth-order valence-electron chi connectivity index (χ4n) is 2.86. The zero-order valence-corrected chi connectivity index (χ0v) is 14.8. The van der Waals surface area contributed by atoms with Crippen LogP contribution in [0, 0.1) is 5.92 Å². The summed E-state index contributed by atoms with van der Waals surface area (Å²) in [6, 6.07) is 12.6. The summed E-state index contributed by atoms with van der Waals surface area (Å²) < 4.78 is 27.3.